The van der Waals surface area contributed by atoms with Crippen LogP contribution < -0.4 is 5.73 Å². The first-order valence-corrected chi connectivity index (χ1v) is 2.92. The number of rotatable bonds is 2. The van der Waals surface area contributed by atoms with Gasteiger partial charge >= 0.3 is 0 Å². The molecule has 2 heteroatoms. The molecule has 0 saturated carbocycles. The Kier molecular flexibility index (Phi) is 3.97. The molecule has 0 fully saturated rings. The van der Waals surface area contributed by atoms with Crippen molar-refractivity contribution in [2.75, 3.05) is 0 Å². The van der Waals surface area contributed by atoms with E-state index in [0.717, 1.165) is 0 Å². The summed E-state index contributed by atoms with van der Waals surface area (Å²) in [5.74, 6) is -0.284. The largest absolute Gasteiger partial charge is 0.322 e. The number of hydrogen-bond donors (Lipinski definition) is 1. The van der Waals surface area contributed by atoms with Gasteiger partial charge in [-0.2, -0.15) is 0 Å². The molecule has 0 amide bonds. The van der Waals surface area contributed by atoms with Gasteiger partial charge in [-0.3, -0.25) is 0 Å². The van der Waals surface area contributed by atoms with E-state index in [1.165, 1.54) is 6.08 Å². The normalized spacial score (nSPS) is 16.7. The van der Waals surface area contributed by atoms with Crippen LogP contribution in [0.25, 0.3) is 0 Å². The zero-order valence-electron chi connectivity index (χ0n) is 5.76. The highest BCUT2D eigenvalue weighted by molar-refractivity contribution is 5.09. The Bertz CT molecular complexity index is 125. The van der Waals surface area contributed by atoms with Crippen molar-refractivity contribution in [3.05, 3.63) is 24.1 Å². The van der Waals surface area contributed by atoms with Crippen LogP contribution in [-0.2, 0) is 0 Å². The van der Waals surface area contributed by atoms with E-state index < -0.39 is 6.04 Å². The molecule has 0 aliphatic rings. The average Bonchev–Trinajstić information content (AvgIpc) is 1.82. The van der Waals surface area contributed by atoms with Gasteiger partial charge in [0.2, 0.25) is 0 Å². The summed E-state index contributed by atoms with van der Waals surface area (Å²) in [5, 5.41) is 0. The fourth-order valence-corrected chi connectivity index (χ4v) is 0.340. The molecule has 0 rings (SSSR count). The fourth-order valence-electron chi connectivity index (χ4n) is 0.340. The third kappa shape index (κ3) is 3.91. The minimum absolute atomic E-state index is 0.284. The lowest BCUT2D eigenvalue weighted by atomic mass is 10.3. The van der Waals surface area contributed by atoms with Crippen molar-refractivity contribution in [2.45, 2.75) is 19.9 Å². The second-order valence-electron chi connectivity index (χ2n) is 1.87. The minimum Gasteiger partial charge on any atom is -0.322 e. The summed E-state index contributed by atoms with van der Waals surface area (Å²) >= 11 is 0. The SMILES string of the molecule is C/C=C\C=C(\F)C(C)N. The van der Waals surface area contributed by atoms with E-state index in [0.29, 0.717) is 0 Å². The molecule has 52 valence electrons. The molecule has 0 aromatic rings. The lowest BCUT2D eigenvalue weighted by molar-refractivity contribution is 0.560. The number of nitrogens with two attached hydrogens (primary N) is 1. The second kappa shape index (κ2) is 4.27. The van der Waals surface area contributed by atoms with Gasteiger partial charge in [0.1, 0.15) is 5.83 Å². The summed E-state index contributed by atoms with van der Waals surface area (Å²) in [4.78, 5) is 0. The Labute approximate surface area is 55.1 Å². The van der Waals surface area contributed by atoms with E-state index in [1.54, 1.807) is 19.1 Å². The highest BCUT2D eigenvalue weighted by atomic mass is 19.1. The van der Waals surface area contributed by atoms with Crippen molar-refractivity contribution in [1.29, 1.82) is 0 Å². The van der Waals surface area contributed by atoms with E-state index in [9.17, 15) is 4.39 Å². The molecule has 0 aliphatic heterocycles. The molecule has 2 N–H and O–H groups in total. The van der Waals surface area contributed by atoms with Crippen molar-refractivity contribution in [1.82, 2.24) is 0 Å². The van der Waals surface area contributed by atoms with Gasteiger partial charge in [0.25, 0.3) is 0 Å². The molecule has 9 heavy (non-hydrogen) atoms. The standard InChI is InChI=1S/C7H12FN/c1-3-4-5-7(8)6(2)9/h3-6H,9H2,1-2H3/b4-3-,7-5+. The first-order chi connectivity index (χ1) is 4.18. The number of halogens is 1. The highest BCUT2D eigenvalue weighted by Gasteiger charge is 1.97. The van der Waals surface area contributed by atoms with Crippen molar-refractivity contribution in [3.63, 3.8) is 0 Å². The fraction of sp³-hybridized carbons (Fsp3) is 0.429. The maximum atomic E-state index is 12.4. The summed E-state index contributed by atoms with van der Waals surface area (Å²) < 4.78 is 12.4. The Morgan fingerprint density at radius 1 is 1.67 bits per heavy atom. The van der Waals surface area contributed by atoms with Crippen LogP contribution in [0.5, 0.6) is 0 Å². The predicted molar refractivity (Wildman–Crippen MR) is 37.7 cm³/mol. The summed E-state index contributed by atoms with van der Waals surface area (Å²) in [6.07, 6.45) is 4.74. The molecule has 1 atom stereocenters. The van der Waals surface area contributed by atoms with Gasteiger partial charge in [0.05, 0.1) is 6.04 Å². The first kappa shape index (κ1) is 8.37. The molecular formula is C7H12FN. The van der Waals surface area contributed by atoms with E-state index in [2.05, 4.69) is 0 Å². The van der Waals surface area contributed by atoms with Gasteiger partial charge in [0, 0.05) is 0 Å². The number of allylic oxidation sites excluding steroid dienone is 3. The van der Waals surface area contributed by atoms with Crippen LogP contribution in [0.15, 0.2) is 24.1 Å². The molecule has 0 aromatic carbocycles. The number of hydrogen-bond acceptors (Lipinski definition) is 1. The van der Waals surface area contributed by atoms with Gasteiger partial charge in [-0.1, -0.05) is 12.2 Å². The van der Waals surface area contributed by atoms with Gasteiger partial charge in [-0.15, -0.1) is 0 Å². The molecule has 0 aromatic heterocycles. The molecule has 1 unspecified atom stereocenters. The highest BCUT2D eigenvalue weighted by Crippen LogP contribution is 1.99. The van der Waals surface area contributed by atoms with Gasteiger partial charge in [-0.05, 0) is 19.9 Å². The van der Waals surface area contributed by atoms with Crippen LogP contribution in [0.1, 0.15) is 13.8 Å². The third-order valence-corrected chi connectivity index (χ3v) is 0.883. The van der Waals surface area contributed by atoms with Gasteiger partial charge < -0.3 is 5.73 Å². The topological polar surface area (TPSA) is 26.0 Å². The maximum Gasteiger partial charge on any atom is 0.116 e. The summed E-state index contributed by atoms with van der Waals surface area (Å²) in [6, 6.07) is -0.485. The van der Waals surface area contributed by atoms with Crippen molar-refractivity contribution >= 4 is 0 Å². The van der Waals surface area contributed by atoms with Crippen LogP contribution in [0.2, 0.25) is 0 Å². The molecule has 0 bridgehead atoms. The molecule has 1 nitrogen and oxygen atoms in total. The molecular weight excluding hydrogens is 117 g/mol. The zero-order chi connectivity index (χ0) is 7.28. The van der Waals surface area contributed by atoms with Crippen LogP contribution in [0.4, 0.5) is 4.39 Å². The lowest BCUT2D eigenvalue weighted by Gasteiger charge is -1.96. The molecule has 0 aliphatic carbocycles. The molecule has 0 saturated heterocycles. The minimum atomic E-state index is -0.485. The quantitative estimate of drug-likeness (QED) is 0.565. The smallest absolute Gasteiger partial charge is 0.116 e. The summed E-state index contributed by atoms with van der Waals surface area (Å²) in [7, 11) is 0. The third-order valence-electron chi connectivity index (χ3n) is 0.883. The Balaban J connectivity index is 3.84. The molecule has 0 radical (unpaired) electrons. The lowest BCUT2D eigenvalue weighted by Crippen LogP contribution is -2.14. The molecule has 0 heterocycles. The van der Waals surface area contributed by atoms with Crippen LogP contribution >= 0.6 is 0 Å². The van der Waals surface area contributed by atoms with Gasteiger partial charge in [-0.25, -0.2) is 4.39 Å². The monoisotopic (exact) mass is 129 g/mol. The predicted octanol–water partition coefficient (Wildman–Crippen LogP) is 1.76. The molecule has 0 spiro atoms. The van der Waals surface area contributed by atoms with Crippen molar-refractivity contribution in [3.8, 4) is 0 Å². The van der Waals surface area contributed by atoms with Crippen LogP contribution in [0.3, 0.4) is 0 Å². The Hall–Kier alpha value is -0.630. The summed E-state index contributed by atoms with van der Waals surface area (Å²) in [6.45, 7) is 3.43. The van der Waals surface area contributed by atoms with Gasteiger partial charge in [0.15, 0.2) is 0 Å². The van der Waals surface area contributed by atoms with Crippen molar-refractivity contribution < 1.29 is 4.39 Å². The first-order valence-electron chi connectivity index (χ1n) is 2.92. The zero-order valence-corrected chi connectivity index (χ0v) is 5.76. The average molecular weight is 129 g/mol. The van der Waals surface area contributed by atoms with E-state index in [4.69, 9.17) is 5.73 Å². The maximum absolute atomic E-state index is 12.4. The Morgan fingerprint density at radius 3 is 2.56 bits per heavy atom. The van der Waals surface area contributed by atoms with E-state index in [1.807, 2.05) is 6.92 Å². The van der Waals surface area contributed by atoms with Crippen LogP contribution in [0, 0.1) is 0 Å². The van der Waals surface area contributed by atoms with E-state index in [-0.39, 0.29) is 5.83 Å². The van der Waals surface area contributed by atoms with E-state index >= 15 is 0 Å². The van der Waals surface area contributed by atoms with Crippen LogP contribution in [-0.4, -0.2) is 6.04 Å². The van der Waals surface area contributed by atoms with Crippen molar-refractivity contribution in [2.24, 2.45) is 5.73 Å². The summed E-state index contributed by atoms with van der Waals surface area (Å²) in [5.41, 5.74) is 5.20. The second-order valence-corrected chi connectivity index (χ2v) is 1.87. The Morgan fingerprint density at radius 2 is 2.22 bits per heavy atom.